The second-order valence-corrected chi connectivity index (χ2v) is 8.30. The summed E-state index contributed by atoms with van der Waals surface area (Å²) in [5, 5.41) is 12.0. The molecule has 31 heavy (non-hydrogen) atoms. The Labute approximate surface area is 191 Å². The number of anilines is 1. The Bertz CT molecular complexity index is 935. The average molecular weight is 487 g/mol. The average Bonchev–Trinajstić information content (AvgIpc) is 2.76. The lowest BCUT2D eigenvalue weighted by Gasteiger charge is -2.32. The van der Waals surface area contributed by atoms with Gasteiger partial charge in [0.05, 0.1) is 22.7 Å². The Morgan fingerprint density at radius 2 is 1.87 bits per heavy atom. The van der Waals surface area contributed by atoms with E-state index in [-0.39, 0.29) is 12.5 Å². The lowest BCUT2D eigenvalue weighted by Crippen LogP contribution is -2.43. The van der Waals surface area contributed by atoms with Crippen LogP contribution in [0.5, 0.6) is 11.5 Å². The minimum absolute atomic E-state index is 0.173. The number of nitrogens with zero attached hydrogens (tertiary/aromatic N) is 3. The maximum atomic E-state index is 12.4. The number of amides is 1. The topological polar surface area (TPSA) is 77.8 Å². The normalized spacial score (nSPS) is 14.6. The molecule has 0 aromatic heterocycles. The zero-order valence-electron chi connectivity index (χ0n) is 17.9. The molecular formula is C23H27BrN4O3. The summed E-state index contributed by atoms with van der Waals surface area (Å²) in [7, 11) is 2.15. The second kappa shape index (κ2) is 11.1. The van der Waals surface area contributed by atoms with Crippen molar-refractivity contribution in [1.82, 2.24) is 9.80 Å². The highest BCUT2D eigenvalue weighted by Crippen LogP contribution is 2.36. The summed E-state index contributed by atoms with van der Waals surface area (Å²) < 4.78 is 11.8. The molecular weight excluding hydrogens is 460 g/mol. The second-order valence-electron chi connectivity index (χ2n) is 7.44. The molecule has 1 heterocycles. The first-order chi connectivity index (χ1) is 15.0. The number of halogens is 1. The van der Waals surface area contributed by atoms with Crippen molar-refractivity contribution in [1.29, 1.82) is 5.26 Å². The summed E-state index contributed by atoms with van der Waals surface area (Å²) in [6.45, 7) is 7.33. The van der Waals surface area contributed by atoms with Crippen molar-refractivity contribution >= 4 is 27.5 Å². The van der Waals surface area contributed by atoms with Crippen LogP contribution in [0.1, 0.15) is 18.1 Å². The Hall–Kier alpha value is -2.60. The van der Waals surface area contributed by atoms with Gasteiger partial charge in [-0.2, -0.15) is 5.26 Å². The molecule has 1 fully saturated rings. The van der Waals surface area contributed by atoms with Gasteiger partial charge in [0, 0.05) is 44.5 Å². The third kappa shape index (κ3) is 6.69. The Kier molecular flexibility index (Phi) is 8.29. The zero-order valence-corrected chi connectivity index (χ0v) is 19.4. The molecule has 7 nitrogen and oxygen atoms in total. The van der Waals surface area contributed by atoms with Gasteiger partial charge < -0.3 is 19.7 Å². The van der Waals surface area contributed by atoms with Crippen molar-refractivity contribution in [3.63, 3.8) is 0 Å². The molecule has 164 valence electrons. The number of hydrogen-bond donors (Lipinski definition) is 1. The number of carbonyl (C=O) groups is 1. The quantitative estimate of drug-likeness (QED) is 0.615. The molecule has 2 aromatic carbocycles. The Morgan fingerprint density at radius 3 is 2.52 bits per heavy atom. The first kappa shape index (κ1) is 23.1. The summed E-state index contributed by atoms with van der Waals surface area (Å²) in [4.78, 5) is 17.1. The highest BCUT2D eigenvalue weighted by molar-refractivity contribution is 9.10. The first-order valence-corrected chi connectivity index (χ1v) is 11.1. The monoisotopic (exact) mass is 486 g/mol. The van der Waals surface area contributed by atoms with Crippen LogP contribution in [0.4, 0.5) is 5.69 Å². The maximum absolute atomic E-state index is 12.4. The molecule has 0 aliphatic carbocycles. The number of likely N-dealkylation sites (N-methyl/N-ethyl adjacent to an activating group) is 1. The van der Waals surface area contributed by atoms with Gasteiger partial charge in [0.2, 0.25) is 0 Å². The number of benzene rings is 2. The summed E-state index contributed by atoms with van der Waals surface area (Å²) in [6.07, 6.45) is 0. The summed E-state index contributed by atoms with van der Waals surface area (Å²) in [5.41, 5.74) is 2.39. The van der Waals surface area contributed by atoms with Crippen LogP contribution >= 0.6 is 15.9 Å². The fraction of sp³-hybridized carbons (Fsp3) is 0.391. The van der Waals surface area contributed by atoms with Crippen molar-refractivity contribution in [3.8, 4) is 17.6 Å². The third-order valence-electron chi connectivity index (χ3n) is 5.03. The molecule has 1 N–H and O–H groups in total. The molecule has 0 unspecified atom stereocenters. The molecule has 0 spiro atoms. The van der Waals surface area contributed by atoms with Gasteiger partial charge in [0.1, 0.15) is 0 Å². The van der Waals surface area contributed by atoms with Gasteiger partial charge in [-0.05, 0) is 53.7 Å². The minimum Gasteiger partial charge on any atom is -0.490 e. The van der Waals surface area contributed by atoms with Crippen LogP contribution < -0.4 is 14.8 Å². The Morgan fingerprint density at radius 1 is 1.16 bits per heavy atom. The molecule has 0 atom stereocenters. The SMILES string of the molecule is CCOc1cc(C#N)cc(Br)c1OCC(=O)Nc1ccc(CN2CCN(C)CC2)cc1. The van der Waals surface area contributed by atoms with Crippen LogP contribution in [0.25, 0.3) is 0 Å². The highest BCUT2D eigenvalue weighted by atomic mass is 79.9. The van der Waals surface area contributed by atoms with E-state index in [1.165, 1.54) is 5.56 Å². The standard InChI is InChI=1S/C23H27BrN4O3/c1-3-30-21-13-18(14-25)12-20(24)23(21)31-16-22(29)26-19-6-4-17(5-7-19)15-28-10-8-27(2)9-11-28/h4-7,12-13H,3,8-11,15-16H2,1-2H3,(H,26,29). The van der Waals surface area contributed by atoms with Crippen molar-refractivity contribution in [2.24, 2.45) is 0 Å². The van der Waals surface area contributed by atoms with Gasteiger partial charge in [-0.15, -0.1) is 0 Å². The zero-order chi connectivity index (χ0) is 22.2. The van der Waals surface area contributed by atoms with Crippen molar-refractivity contribution in [3.05, 3.63) is 52.0 Å². The number of carbonyl (C=O) groups excluding carboxylic acids is 1. The van der Waals surface area contributed by atoms with E-state index < -0.39 is 0 Å². The van der Waals surface area contributed by atoms with Gasteiger partial charge in [0.25, 0.3) is 5.91 Å². The van der Waals surface area contributed by atoms with Crippen LogP contribution in [0, 0.1) is 11.3 Å². The number of nitriles is 1. The summed E-state index contributed by atoms with van der Waals surface area (Å²) in [5.74, 6) is 0.554. The van der Waals surface area contributed by atoms with Gasteiger partial charge in [-0.1, -0.05) is 12.1 Å². The predicted molar refractivity (Wildman–Crippen MR) is 123 cm³/mol. The molecule has 1 aliphatic heterocycles. The molecule has 8 heteroatoms. The van der Waals surface area contributed by atoms with Gasteiger partial charge in [-0.3, -0.25) is 9.69 Å². The van der Waals surface area contributed by atoms with Crippen molar-refractivity contribution in [2.75, 3.05) is 51.8 Å². The van der Waals surface area contributed by atoms with Gasteiger partial charge in [0.15, 0.2) is 18.1 Å². The predicted octanol–water partition coefficient (Wildman–Crippen LogP) is 3.48. The lowest BCUT2D eigenvalue weighted by atomic mass is 10.2. The van der Waals surface area contributed by atoms with E-state index in [0.717, 1.165) is 38.4 Å². The molecule has 2 aromatic rings. The first-order valence-electron chi connectivity index (χ1n) is 10.3. The van der Waals surface area contributed by atoms with Crippen molar-refractivity contribution < 1.29 is 14.3 Å². The molecule has 1 amide bonds. The number of hydrogen-bond acceptors (Lipinski definition) is 6. The fourth-order valence-electron chi connectivity index (χ4n) is 3.33. The van der Waals surface area contributed by atoms with Crippen LogP contribution in [-0.4, -0.2) is 62.1 Å². The third-order valence-corrected chi connectivity index (χ3v) is 5.61. The number of piperazine rings is 1. The van der Waals surface area contributed by atoms with E-state index in [2.05, 4.69) is 44.2 Å². The summed E-state index contributed by atoms with van der Waals surface area (Å²) >= 11 is 3.38. The van der Waals surface area contributed by atoms with Gasteiger partial charge >= 0.3 is 0 Å². The van der Waals surface area contributed by atoms with E-state index in [9.17, 15) is 4.79 Å². The Balaban J connectivity index is 1.54. The molecule has 0 radical (unpaired) electrons. The molecule has 0 saturated carbocycles. The largest absolute Gasteiger partial charge is 0.490 e. The van der Waals surface area contributed by atoms with Gasteiger partial charge in [-0.25, -0.2) is 0 Å². The lowest BCUT2D eigenvalue weighted by molar-refractivity contribution is -0.118. The molecule has 3 rings (SSSR count). The van der Waals surface area contributed by atoms with Crippen molar-refractivity contribution in [2.45, 2.75) is 13.5 Å². The summed E-state index contributed by atoms with van der Waals surface area (Å²) in [6, 6.07) is 13.2. The fourth-order valence-corrected chi connectivity index (χ4v) is 3.88. The van der Waals surface area contributed by atoms with Crippen LogP contribution in [0.2, 0.25) is 0 Å². The van der Waals surface area contributed by atoms with Crippen LogP contribution in [-0.2, 0) is 11.3 Å². The van der Waals surface area contributed by atoms with E-state index in [1.807, 2.05) is 31.2 Å². The highest BCUT2D eigenvalue weighted by Gasteiger charge is 2.15. The molecule has 1 saturated heterocycles. The van der Waals surface area contributed by atoms with E-state index >= 15 is 0 Å². The maximum Gasteiger partial charge on any atom is 0.262 e. The molecule has 1 aliphatic rings. The number of rotatable bonds is 8. The minimum atomic E-state index is -0.273. The number of ether oxygens (including phenoxy) is 2. The smallest absolute Gasteiger partial charge is 0.262 e. The van der Waals surface area contributed by atoms with E-state index in [1.54, 1.807) is 12.1 Å². The van der Waals surface area contributed by atoms with Crippen LogP contribution in [0.15, 0.2) is 40.9 Å². The molecule has 0 bridgehead atoms. The van der Waals surface area contributed by atoms with E-state index in [4.69, 9.17) is 14.7 Å². The van der Waals surface area contributed by atoms with Crippen LogP contribution in [0.3, 0.4) is 0 Å². The number of nitrogens with one attached hydrogen (secondary N) is 1. The van der Waals surface area contributed by atoms with E-state index in [0.29, 0.717) is 28.1 Å².